The summed E-state index contributed by atoms with van der Waals surface area (Å²) >= 11 is 0. The lowest BCUT2D eigenvalue weighted by molar-refractivity contribution is 0.0275. The van der Waals surface area contributed by atoms with Gasteiger partial charge in [0, 0.05) is 13.0 Å². The molecule has 7 heteroatoms. The van der Waals surface area contributed by atoms with Crippen LogP contribution >= 0.6 is 0 Å². The molecule has 1 atom stereocenters. The number of imide groups is 1. The fourth-order valence-corrected chi connectivity index (χ4v) is 2.78. The van der Waals surface area contributed by atoms with E-state index in [-0.39, 0.29) is 17.8 Å². The van der Waals surface area contributed by atoms with Crippen molar-refractivity contribution in [2.75, 3.05) is 13.1 Å². The maximum atomic E-state index is 12.1. The SMILES string of the molecule is CC(C)(C)OC(=O)N1CC[C@H](Oc2cccc3c2C(=O)NC3=O)C1. The molecule has 2 aliphatic heterocycles. The van der Waals surface area contributed by atoms with Gasteiger partial charge in [-0.3, -0.25) is 14.9 Å². The highest BCUT2D eigenvalue weighted by Crippen LogP contribution is 2.29. The Labute approximate surface area is 139 Å². The smallest absolute Gasteiger partial charge is 0.410 e. The fourth-order valence-electron chi connectivity index (χ4n) is 2.78. The van der Waals surface area contributed by atoms with Gasteiger partial charge in [0.25, 0.3) is 11.8 Å². The van der Waals surface area contributed by atoms with E-state index in [0.717, 1.165) is 0 Å². The molecule has 0 spiro atoms. The zero-order valence-corrected chi connectivity index (χ0v) is 13.9. The lowest BCUT2D eigenvalue weighted by Gasteiger charge is -2.24. The monoisotopic (exact) mass is 332 g/mol. The summed E-state index contributed by atoms with van der Waals surface area (Å²) < 4.78 is 11.2. The quantitative estimate of drug-likeness (QED) is 0.837. The second-order valence-corrected chi connectivity index (χ2v) is 6.92. The van der Waals surface area contributed by atoms with Crippen molar-refractivity contribution in [1.29, 1.82) is 0 Å². The molecular formula is C17H20N2O5. The number of benzene rings is 1. The number of hydrogen-bond acceptors (Lipinski definition) is 5. The number of carbonyl (C=O) groups is 3. The van der Waals surface area contributed by atoms with Gasteiger partial charge in [-0.2, -0.15) is 0 Å². The molecule has 0 radical (unpaired) electrons. The van der Waals surface area contributed by atoms with E-state index in [1.54, 1.807) is 23.1 Å². The molecule has 0 saturated carbocycles. The van der Waals surface area contributed by atoms with Gasteiger partial charge in [0.2, 0.25) is 0 Å². The first-order valence-corrected chi connectivity index (χ1v) is 7.88. The minimum atomic E-state index is -0.547. The molecule has 1 saturated heterocycles. The molecule has 0 aliphatic carbocycles. The second kappa shape index (κ2) is 5.81. The summed E-state index contributed by atoms with van der Waals surface area (Å²) in [5.74, 6) is -0.498. The minimum absolute atomic E-state index is 0.243. The number of carbonyl (C=O) groups excluding carboxylic acids is 3. The van der Waals surface area contributed by atoms with Gasteiger partial charge in [-0.05, 0) is 32.9 Å². The van der Waals surface area contributed by atoms with Crippen LogP contribution in [0.4, 0.5) is 4.79 Å². The van der Waals surface area contributed by atoms with Crippen molar-refractivity contribution in [3.05, 3.63) is 29.3 Å². The Balaban J connectivity index is 1.68. The standard InChI is InChI=1S/C17H20N2O5/c1-17(2,3)24-16(22)19-8-7-10(9-19)23-12-6-4-5-11-13(12)15(21)18-14(11)20/h4-6,10H,7-9H2,1-3H3,(H,18,20,21)/t10-/m0/s1. The van der Waals surface area contributed by atoms with Crippen LogP contribution in [0.5, 0.6) is 5.75 Å². The molecule has 24 heavy (non-hydrogen) atoms. The maximum Gasteiger partial charge on any atom is 0.410 e. The molecule has 3 rings (SSSR count). The van der Waals surface area contributed by atoms with E-state index in [1.165, 1.54) is 0 Å². The van der Waals surface area contributed by atoms with Gasteiger partial charge in [0.05, 0.1) is 17.7 Å². The summed E-state index contributed by atoms with van der Waals surface area (Å²) in [5.41, 5.74) is 0.0343. The van der Waals surface area contributed by atoms with Crippen LogP contribution in [0.25, 0.3) is 0 Å². The van der Waals surface area contributed by atoms with Crippen LogP contribution in [0, 0.1) is 0 Å². The molecule has 0 unspecified atom stereocenters. The highest BCUT2D eigenvalue weighted by Gasteiger charge is 2.34. The number of fused-ring (bicyclic) bond motifs is 1. The van der Waals surface area contributed by atoms with Gasteiger partial charge in [-0.15, -0.1) is 0 Å². The van der Waals surface area contributed by atoms with Crippen LogP contribution in [0.2, 0.25) is 0 Å². The zero-order chi connectivity index (χ0) is 17.5. The van der Waals surface area contributed by atoms with E-state index in [2.05, 4.69) is 5.32 Å². The van der Waals surface area contributed by atoms with Crippen molar-refractivity contribution >= 4 is 17.9 Å². The Kier molecular flexibility index (Phi) is 3.95. The first-order valence-electron chi connectivity index (χ1n) is 7.88. The van der Waals surface area contributed by atoms with Gasteiger partial charge in [0.1, 0.15) is 17.5 Å². The van der Waals surface area contributed by atoms with Crippen molar-refractivity contribution in [3.63, 3.8) is 0 Å². The first kappa shape index (κ1) is 16.3. The fraction of sp³-hybridized carbons (Fsp3) is 0.471. The van der Waals surface area contributed by atoms with E-state index < -0.39 is 17.4 Å². The molecule has 0 aromatic heterocycles. The largest absolute Gasteiger partial charge is 0.488 e. The van der Waals surface area contributed by atoms with E-state index in [0.29, 0.717) is 30.8 Å². The summed E-state index contributed by atoms with van der Waals surface area (Å²) in [7, 11) is 0. The molecule has 1 N–H and O–H groups in total. The van der Waals surface area contributed by atoms with Gasteiger partial charge in [0.15, 0.2) is 0 Å². The van der Waals surface area contributed by atoms with E-state index in [4.69, 9.17) is 9.47 Å². The third-order valence-corrected chi connectivity index (χ3v) is 3.82. The lowest BCUT2D eigenvalue weighted by Crippen LogP contribution is -2.36. The summed E-state index contributed by atoms with van der Waals surface area (Å²) in [6, 6.07) is 4.92. The van der Waals surface area contributed by atoms with Gasteiger partial charge in [-0.25, -0.2) is 4.79 Å². The average molecular weight is 332 g/mol. The number of rotatable bonds is 2. The van der Waals surface area contributed by atoms with Crippen molar-refractivity contribution in [2.45, 2.75) is 38.9 Å². The summed E-state index contributed by atoms with van der Waals surface area (Å²) in [5, 5.41) is 2.26. The molecular weight excluding hydrogens is 312 g/mol. The number of nitrogens with zero attached hydrogens (tertiary/aromatic N) is 1. The van der Waals surface area contributed by atoms with E-state index in [1.807, 2.05) is 20.8 Å². The first-order chi connectivity index (χ1) is 11.2. The van der Waals surface area contributed by atoms with Crippen molar-refractivity contribution < 1.29 is 23.9 Å². The van der Waals surface area contributed by atoms with Crippen molar-refractivity contribution in [2.24, 2.45) is 0 Å². The number of ether oxygens (including phenoxy) is 2. The summed E-state index contributed by atoms with van der Waals surface area (Å²) in [6.07, 6.45) is 0.0192. The van der Waals surface area contributed by atoms with Crippen LogP contribution in [0.15, 0.2) is 18.2 Å². The normalized spacial score (nSPS) is 20.0. The molecule has 2 heterocycles. The Morgan fingerprint density at radius 1 is 1.25 bits per heavy atom. The van der Waals surface area contributed by atoms with E-state index in [9.17, 15) is 14.4 Å². The predicted octanol–water partition coefficient (Wildman–Crippen LogP) is 1.96. The van der Waals surface area contributed by atoms with Crippen molar-refractivity contribution in [1.82, 2.24) is 10.2 Å². The zero-order valence-electron chi connectivity index (χ0n) is 13.9. The molecule has 1 aromatic rings. The average Bonchev–Trinajstić information content (AvgIpc) is 3.04. The van der Waals surface area contributed by atoms with Gasteiger partial charge in [-0.1, -0.05) is 6.07 Å². The van der Waals surface area contributed by atoms with Crippen LogP contribution in [0.3, 0.4) is 0 Å². The molecule has 1 fully saturated rings. The predicted molar refractivity (Wildman–Crippen MR) is 85.1 cm³/mol. The van der Waals surface area contributed by atoms with Crippen LogP contribution in [-0.4, -0.2) is 47.6 Å². The number of amides is 3. The van der Waals surface area contributed by atoms with E-state index >= 15 is 0 Å². The topological polar surface area (TPSA) is 84.9 Å². The van der Waals surface area contributed by atoms with Crippen LogP contribution in [-0.2, 0) is 4.74 Å². The van der Waals surface area contributed by atoms with Gasteiger partial charge >= 0.3 is 6.09 Å². The highest BCUT2D eigenvalue weighted by atomic mass is 16.6. The molecule has 128 valence electrons. The van der Waals surface area contributed by atoms with Gasteiger partial charge < -0.3 is 14.4 Å². The second-order valence-electron chi connectivity index (χ2n) is 6.92. The minimum Gasteiger partial charge on any atom is -0.488 e. The Bertz CT molecular complexity index is 707. The van der Waals surface area contributed by atoms with Crippen LogP contribution < -0.4 is 10.1 Å². The third-order valence-electron chi connectivity index (χ3n) is 3.82. The maximum absolute atomic E-state index is 12.1. The summed E-state index contributed by atoms with van der Waals surface area (Å²) in [4.78, 5) is 37.3. The molecule has 2 aliphatic rings. The molecule has 7 nitrogen and oxygen atoms in total. The number of nitrogens with one attached hydrogen (secondary N) is 1. The molecule has 1 aromatic carbocycles. The highest BCUT2D eigenvalue weighted by molar-refractivity contribution is 6.22. The Hall–Kier alpha value is -2.57. The number of likely N-dealkylation sites (tertiary alicyclic amines) is 1. The van der Waals surface area contributed by atoms with Crippen LogP contribution in [0.1, 0.15) is 47.9 Å². The molecule has 3 amide bonds. The summed E-state index contributed by atoms with van der Waals surface area (Å²) in [6.45, 7) is 6.36. The number of hydrogen-bond donors (Lipinski definition) is 1. The third kappa shape index (κ3) is 3.20. The molecule has 0 bridgehead atoms. The Morgan fingerprint density at radius 3 is 2.71 bits per heavy atom. The Morgan fingerprint density at radius 2 is 2.00 bits per heavy atom. The lowest BCUT2D eigenvalue weighted by atomic mass is 10.1. The van der Waals surface area contributed by atoms with Crippen molar-refractivity contribution in [3.8, 4) is 5.75 Å².